The van der Waals surface area contributed by atoms with Gasteiger partial charge in [-0.2, -0.15) is 0 Å². The molecule has 84 valence electrons. The van der Waals surface area contributed by atoms with Gasteiger partial charge in [0, 0.05) is 18.9 Å². The Hall–Kier alpha value is -1.64. The minimum Gasteiger partial charge on any atom is -0.309 e. The van der Waals surface area contributed by atoms with Crippen LogP contribution in [0.2, 0.25) is 0 Å². The van der Waals surface area contributed by atoms with Gasteiger partial charge < -0.3 is 4.90 Å². The minimum absolute atomic E-state index is 0.0330. The molecule has 1 amide bonds. The zero-order valence-electron chi connectivity index (χ0n) is 9.24. The van der Waals surface area contributed by atoms with E-state index in [4.69, 9.17) is 0 Å². The molecule has 0 aliphatic carbocycles. The van der Waals surface area contributed by atoms with Crippen molar-refractivity contribution in [1.82, 2.24) is 0 Å². The van der Waals surface area contributed by atoms with E-state index in [0.29, 0.717) is 18.7 Å². The minimum atomic E-state index is -0.344. The van der Waals surface area contributed by atoms with Gasteiger partial charge in [-0.3, -0.25) is 4.79 Å². The van der Waals surface area contributed by atoms with Crippen molar-refractivity contribution in [2.24, 2.45) is 5.92 Å². The third-order valence-corrected chi connectivity index (χ3v) is 2.88. The van der Waals surface area contributed by atoms with Crippen LogP contribution in [-0.4, -0.2) is 12.5 Å². The smallest absolute Gasteiger partial charge is 0.227 e. The molecule has 2 nitrogen and oxygen atoms in total. The van der Waals surface area contributed by atoms with Crippen molar-refractivity contribution in [2.45, 2.75) is 13.3 Å². The number of halogens is 1. The van der Waals surface area contributed by atoms with E-state index in [1.54, 1.807) is 18.2 Å². The van der Waals surface area contributed by atoms with E-state index in [1.807, 2.05) is 6.92 Å². The van der Waals surface area contributed by atoms with Crippen molar-refractivity contribution in [1.29, 1.82) is 0 Å². The summed E-state index contributed by atoms with van der Waals surface area (Å²) in [6.45, 7) is 6.09. The maximum absolute atomic E-state index is 13.6. The van der Waals surface area contributed by atoms with Crippen LogP contribution in [0.1, 0.15) is 12.0 Å². The molecule has 1 aliphatic rings. The first-order chi connectivity index (χ1) is 7.61. The molecule has 1 heterocycles. The molecule has 1 aromatic rings. The van der Waals surface area contributed by atoms with E-state index >= 15 is 0 Å². The number of carbonyl (C=O) groups is 1. The Morgan fingerprint density at radius 3 is 2.94 bits per heavy atom. The number of carbonyl (C=O) groups excluding carboxylic acids is 1. The normalized spacial score (nSPS) is 20.2. The maximum atomic E-state index is 13.6. The van der Waals surface area contributed by atoms with Gasteiger partial charge in [-0.25, -0.2) is 4.39 Å². The lowest BCUT2D eigenvalue weighted by molar-refractivity contribution is -0.117. The van der Waals surface area contributed by atoms with Gasteiger partial charge in [-0.05, 0) is 24.6 Å². The van der Waals surface area contributed by atoms with Gasteiger partial charge in [-0.1, -0.05) is 12.1 Å². The van der Waals surface area contributed by atoms with Crippen molar-refractivity contribution in [3.63, 3.8) is 0 Å². The van der Waals surface area contributed by atoms with Crippen molar-refractivity contribution in [3.05, 3.63) is 42.2 Å². The number of nitrogens with zero attached hydrogens (tertiary/aromatic N) is 1. The monoisotopic (exact) mass is 219 g/mol. The number of hydrogen-bond acceptors (Lipinski definition) is 1. The molecule has 0 bridgehead atoms. The van der Waals surface area contributed by atoms with Gasteiger partial charge >= 0.3 is 0 Å². The third-order valence-electron chi connectivity index (χ3n) is 2.88. The molecule has 1 saturated heterocycles. The summed E-state index contributed by atoms with van der Waals surface area (Å²) in [5.74, 6) is -0.245. The number of anilines is 1. The highest BCUT2D eigenvalue weighted by Gasteiger charge is 2.30. The van der Waals surface area contributed by atoms with Gasteiger partial charge in [0.15, 0.2) is 0 Å². The number of rotatable bonds is 2. The Kier molecular flexibility index (Phi) is 2.77. The first-order valence-corrected chi connectivity index (χ1v) is 5.31. The lowest BCUT2D eigenvalue weighted by Gasteiger charge is -2.17. The summed E-state index contributed by atoms with van der Waals surface area (Å²) in [5.41, 5.74) is 1.33. The lowest BCUT2D eigenvalue weighted by Crippen LogP contribution is -2.25. The van der Waals surface area contributed by atoms with Crippen LogP contribution in [0.4, 0.5) is 10.1 Å². The van der Waals surface area contributed by atoms with Crippen LogP contribution in [0.25, 0.3) is 0 Å². The number of benzene rings is 1. The third kappa shape index (κ3) is 1.85. The Morgan fingerprint density at radius 1 is 1.56 bits per heavy atom. The highest BCUT2D eigenvalue weighted by atomic mass is 19.1. The van der Waals surface area contributed by atoms with Gasteiger partial charge in [-0.15, -0.1) is 6.58 Å². The molecule has 1 atom stereocenters. The van der Waals surface area contributed by atoms with Gasteiger partial charge in [0.25, 0.3) is 0 Å². The first-order valence-electron chi connectivity index (χ1n) is 5.31. The summed E-state index contributed by atoms with van der Waals surface area (Å²) in [6.07, 6.45) is 2.18. The Balaban J connectivity index is 2.34. The topological polar surface area (TPSA) is 20.3 Å². The molecule has 1 aromatic carbocycles. The average Bonchev–Trinajstić information content (AvgIpc) is 2.63. The van der Waals surface area contributed by atoms with Crippen molar-refractivity contribution < 1.29 is 9.18 Å². The fourth-order valence-corrected chi connectivity index (χ4v) is 1.96. The maximum Gasteiger partial charge on any atom is 0.227 e. The van der Waals surface area contributed by atoms with Crippen molar-refractivity contribution in [3.8, 4) is 0 Å². The second-order valence-corrected chi connectivity index (χ2v) is 4.16. The standard InChI is InChI=1S/C13H14FNO/c1-3-10-7-13(16)15(8-10)12-6-9(2)4-5-11(12)14/h3-6,10H,1,7-8H2,2H3. The second-order valence-electron chi connectivity index (χ2n) is 4.16. The summed E-state index contributed by atoms with van der Waals surface area (Å²) >= 11 is 0. The van der Waals surface area contributed by atoms with E-state index in [1.165, 1.54) is 11.0 Å². The molecule has 1 aliphatic heterocycles. The van der Waals surface area contributed by atoms with Crippen molar-refractivity contribution >= 4 is 11.6 Å². The lowest BCUT2D eigenvalue weighted by atomic mass is 10.1. The zero-order valence-corrected chi connectivity index (χ0v) is 9.24. The second kappa shape index (κ2) is 4.08. The molecule has 0 N–H and O–H groups in total. The van der Waals surface area contributed by atoms with Crippen LogP contribution in [0.5, 0.6) is 0 Å². The van der Waals surface area contributed by atoms with Crippen LogP contribution in [0.3, 0.4) is 0 Å². The SMILES string of the molecule is C=CC1CC(=O)N(c2cc(C)ccc2F)C1. The van der Waals surface area contributed by atoms with Crippen LogP contribution in [-0.2, 0) is 4.79 Å². The van der Waals surface area contributed by atoms with Crippen LogP contribution in [0.15, 0.2) is 30.9 Å². The van der Waals surface area contributed by atoms with Gasteiger partial charge in [0.1, 0.15) is 5.82 Å². The molecular weight excluding hydrogens is 205 g/mol. The molecule has 3 heteroatoms. The molecule has 1 unspecified atom stereocenters. The predicted molar refractivity (Wildman–Crippen MR) is 61.8 cm³/mol. The van der Waals surface area contributed by atoms with E-state index in [-0.39, 0.29) is 17.6 Å². The Labute approximate surface area is 94.4 Å². The van der Waals surface area contributed by atoms with E-state index in [0.717, 1.165) is 5.56 Å². The van der Waals surface area contributed by atoms with Crippen LogP contribution >= 0.6 is 0 Å². The van der Waals surface area contributed by atoms with Crippen LogP contribution in [0, 0.1) is 18.7 Å². The molecule has 0 saturated carbocycles. The Morgan fingerprint density at radius 2 is 2.31 bits per heavy atom. The highest BCUT2D eigenvalue weighted by molar-refractivity contribution is 5.96. The quantitative estimate of drug-likeness (QED) is 0.700. The predicted octanol–water partition coefficient (Wildman–Crippen LogP) is 2.67. The number of hydrogen-bond donors (Lipinski definition) is 0. The fraction of sp³-hybridized carbons (Fsp3) is 0.308. The summed E-state index contributed by atoms with van der Waals surface area (Å²) in [4.78, 5) is 13.2. The van der Waals surface area contributed by atoms with Crippen LogP contribution < -0.4 is 4.90 Å². The first kappa shape index (κ1) is 10.9. The van der Waals surface area contributed by atoms with Crippen molar-refractivity contribution in [2.75, 3.05) is 11.4 Å². The van der Waals surface area contributed by atoms with E-state index in [9.17, 15) is 9.18 Å². The summed E-state index contributed by atoms with van der Waals surface area (Å²) < 4.78 is 13.6. The average molecular weight is 219 g/mol. The molecule has 16 heavy (non-hydrogen) atoms. The number of amides is 1. The largest absolute Gasteiger partial charge is 0.309 e. The molecule has 2 rings (SSSR count). The molecule has 0 aromatic heterocycles. The summed E-state index contributed by atoms with van der Waals surface area (Å²) in [5, 5.41) is 0. The van der Waals surface area contributed by atoms with E-state index in [2.05, 4.69) is 6.58 Å². The summed E-state index contributed by atoms with van der Waals surface area (Å²) in [7, 11) is 0. The molecular formula is C13H14FNO. The molecule has 0 spiro atoms. The fourth-order valence-electron chi connectivity index (χ4n) is 1.96. The van der Waals surface area contributed by atoms with Gasteiger partial charge in [0.2, 0.25) is 5.91 Å². The van der Waals surface area contributed by atoms with Gasteiger partial charge in [0.05, 0.1) is 5.69 Å². The molecule has 0 radical (unpaired) electrons. The molecule has 1 fully saturated rings. The number of aryl methyl sites for hydroxylation is 1. The highest BCUT2D eigenvalue weighted by Crippen LogP contribution is 2.28. The summed E-state index contributed by atoms with van der Waals surface area (Å²) in [6, 6.07) is 4.81. The Bertz CT molecular complexity index is 442. The van der Waals surface area contributed by atoms with E-state index < -0.39 is 0 Å². The zero-order chi connectivity index (χ0) is 11.7.